The fraction of sp³-hybridized carbons (Fsp3) is 0.857. The van der Waals surface area contributed by atoms with Crippen LogP contribution in [0.2, 0.25) is 0 Å². The van der Waals surface area contributed by atoms with Crippen LogP contribution in [0.4, 0.5) is 0 Å². The molecule has 1 heterocycles. The molecule has 0 aliphatic carbocycles. The molecule has 0 radical (unpaired) electrons. The second kappa shape index (κ2) is 2.30. The highest BCUT2D eigenvalue weighted by Crippen LogP contribution is 2.30. The molecule has 0 spiro atoms. The number of rotatable bonds is 1. The number of halogens is 1. The minimum Gasteiger partial charge on any atom is -0.292 e. The Hall–Kier alpha value is -0.0400. The fourth-order valence-corrected chi connectivity index (χ4v) is 1.30. The smallest absolute Gasteiger partial charge is 0.0834 e. The molecule has 1 aliphatic heterocycles. The Morgan fingerprint density at radius 2 is 2.44 bits per heavy atom. The summed E-state index contributed by atoms with van der Waals surface area (Å²) in [6.07, 6.45) is 2.03. The maximum absolute atomic E-state index is 6.17. The standard InChI is InChI=1S/C7H12ClN/c1-3-7(8)4-5-9-6(7)2/h3-5H2,1-2H3. The van der Waals surface area contributed by atoms with Gasteiger partial charge in [0.15, 0.2) is 0 Å². The molecule has 52 valence electrons. The fourth-order valence-electron chi connectivity index (χ4n) is 1.16. The van der Waals surface area contributed by atoms with Crippen molar-refractivity contribution >= 4 is 17.3 Å². The number of hydrogen-bond donors (Lipinski definition) is 0. The van der Waals surface area contributed by atoms with E-state index in [0.29, 0.717) is 0 Å². The van der Waals surface area contributed by atoms with Crippen molar-refractivity contribution in [2.24, 2.45) is 4.99 Å². The summed E-state index contributed by atoms with van der Waals surface area (Å²) >= 11 is 6.17. The van der Waals surface area contributed by atoms with Crippen molar-refractivity contribution in [1.82, 2.24) is 0 Å². The molecule has 0 N–H and O–H groups in total. The van der Waals surface area contributed by atoms with Crippen molar-refractivity contribution < 1.29 is 0 Å². The first kappa shape index (κ1) is 7.07. The zero-order valence-corrected chi connectivity index (χ0v) is 6.70. The van der Waals surface area contributed by atoms with E-state index in [1.165, 1.54) is 0 Å². The second-order valence-corrected chi connectivity index (χ2v) is 3.26. The van der Waals surface area contributed by atoms with E-state index in [-0.39, 0.29) is 4.87 Å². The summed E-state index contributed by atoms with van der Waals surface area (Å²) in [5, 5.41) is 0. The largest absolute Gasteiger partial charge is 0.292 e. The van der Waals surface area contributed by atoms with E-state index in [4.69, 9.17) is 11.6 Å². The Morgan fingerprint density at radius 1 is 1.78 bits per heavy atom. The number of hydrogen-bond acceptors (Lipinski definition) is 1. The Balaban J connectivity index is 2.70. The topological polar surface area (TPSA) is 12.4 Å². The van der Waals surface area contributed by atoms with Gasteiger partial charge >= 0.3 is 0 Å². The Morgan fingerprint density at radius 3 is 2.67 bits per heavy atom. The molecule has 0 saturated heterocycles. The van der Waals surface area contributed by atoms with Gasteiger partial charge in [0.2, 0.25) is 0 Å². The van der Waals surface area contributed by atoms with Gasteiger partial charge in [0.1, 0.15) is 0 Å². The predicted octanol–water partition coefficient (Wildman–Crippen LogP) is 2.24. The summed E-state index contributed by atoms with van der Waals surface area (Å²) in [6, 6.07) is 0. The van der Waals surface area contributed by atoms with E-state index >= 15 is 0 Å². The molecular weight excluding hydrogens is 134 g/mol. The molecule has 0 fully saturated rings. The van der Waals surface area contributed by atoms with Crippen LogP contribution in [0, 0.1) is 0 Å². The number of nitrogens with zero attached hydrogens (tertiary/aromatic N) is 1. The van der Waals surface area contributed by atoms with Crippen LogP contribution in [0.1, 0.15) is 26.7 Å². The van der Waals surface area contributed by atoms with Gasteiger partial charge in [-0.25, -0.2) is 0 Å². The van der Waals surface area contributed by atoms with Crippen LogP contribution in [-0.4, -0.2) is 17.1 Å². The molecule has 0 saturated carbocycles. The van der Waals surface area contributed by atoms with E-state index in [1.54, 1.807) is 0 Å². The number of alkyl halides is 1. The number of aliphatic imine (C=N–C) groups is 1. The van der Waals surface area contributed by atoms with Crippen molar-refractivity contribution in [1.29, 1.82) is 0 Å². The normalized spacial score (nSPS) is 34.8. The zero-order valence-electron chi connectivity index (χ0n) is 5.95. The molecule has 2 heteroatoms. The lowest BCUT2D eigenvalue weighted by Crippen LogP contribution is -2.25. The van der Waals surface area contributed by atoms with E-state index in [2.05, 4.69) is 11.9 Å². The lowest BCUT2D eigenvalue weighted by Gasteiger charge is -2.17. The first-order chi connectivity index (χ1) is 4.19. The zero-order chi connectivity index (χ0) is 6.91. The van der Waals surface area contributed by atoms with Gasteiger partial charge in [0.05, 0.1) is 4.87 Å². The van der Waals surface area contributed by atoms with Crippen LogP contribution in [-0.2, 0) is 0 Å². The van der Waals surface area contributed by atoms with Gasteiger partial charge in [-0.3, -0.25) is 4.99 Å². The molecule has 0 bridgehead atoms. The molecule has 0 aromatic rings. The van der Waals surface area contributed by atoms with E-state index in [1.807, 2.05) is 6.92 Å². The van der Waals surface area contributed by atoms with Gasteiger partial charge in [-0.05, 0) is 19.8 Å². The molecule has 9 heavy (non-hydrogen) atoms. The maximum atomic E-state index is 6.17. The van der Waals surface area contributed by atoms with Crippen LogP contribution < -0.4 is 0 Å². The van der Waals surface area contributed by atoms with E-state index < -0.39 is 0 Å². The van der Waals surface area contributed by atoms with Crippen LogP contribution in [0.5, 0.6) is 0 Å². The average molecular weight is 146 g/mol. The van der Waals surface area contributed by atoms with E-state index in [9.17, 15) is 0 Å². The quantitative estimate of drug-likeness (QED) is 0.502. The highest BCUT2D eigenvalue weighted by molar-refractivity contribution is 6.36. The van der Waals surface area contributed by atoms with Crippen molar-refractivity contribution in [3.63, 3.8) is 0 Å². The lowest BCUT2D eigenvalue weighted by molar-refractivity contribution is 0.692. The molecular formula is C7H12ClN. The molecule has 1 atom stereocenters. The first-order valence-corrected chi connectivity index (χ1v) is 3.77. The molecule has 1 unspecified atom stereocenters. The third-order valence-corrected chi connectivity index (χ3v) is 2.80. The Kier molecular flexibility index (Phi) is 1.80. The molecule has 1 rings (SSSR count). The summed E-state index contributed by atoms with van der Waals surface area (Å²) in [4.78, 5) is 4.16. The van der Waals surface area contributed by atoms with Crippen molar-refractivity contribution in [3.8, 4) is 0 Å². The minimum absolute atomic E-state index is 0.0833. The van der Waals surface area contributed by atoms with Crippen molar-refractivity contribution in [2.75, 3.05) is 6.54 Å². The molecule has 0 amide bonds. The van der Waals surface area contributed by atoms with Gasteiger partial charge < -0.3 is 0 Å². The van der Waals surface area contributed by atoms with Gasteiger partial charge in [-0.1, -0.05) is 6.92 Å². The monoisotopic (exact) mass is 145 g/mol. The second-order valence-electron chi connectivity index (χ2n) is 2.54. The van der Waals surface area contributed by atoms with E-state index in [0.717, 1.165) is 25.1 Å². The Labute approximate surface area is 61.1 Å². The molecule has 1 nitrogen and oxygen atoms in total. The third kappa shape index (κ3) is 1.11. The summed E-state index contributed by atoms with van der Waals surface area (Å²) in [5.41, 5.74) is 1.12. The van der Waals surface area contributed by atoms with Gasteiger partial charge in [-0.2, -0.15) is 0 Å². The summed E-state index contributed by atoms with van der Waals surface area (Å²) < 4.78 is 0. The lowest BCUT2D eigenvalue weighted by atomic mass is 9.99. The molecule has 0 aromatic carbocycles. The molecule has 1 aliphatic rings. The molecule has 0 aromatic heterocycles. The van der Waals surface area contributed by atoms with Gasteiger partial charge in [0.25, 0.3) is 0 Å². The van der Waals surface area contributed by atoms with Crippen molar-refractivity contribution in [3.05, 3.63) is 0 Å². The summed E-state index contributed by atoms with van der Waals surface area (Å²) in [5.74, 6) is 0. The average Bonchev–Trinajstić information content (AvgIpc) is 2.15. The van der Waals surface area contributed by atoms with Crippen LogP contribution in [0.15, 0.2) is 4.99 Å². The highest BCUT2D eigenvalue weighted by atomic mass is 35.5. The van der Waals surface area contributed by atoms with Crippen LogP contribution in [0.25, 0.3) is 0 Å². The summed E-state index contributed by atoms with van der Waals surface area (Å²) in [6.45, 7) is 5.05. The summed E-state index contributed by atoms with van der Waals surface area (Å²) in [7, 11) is 0. The SMILES string of the molecule is CCC1(Cl)CCN=C1C. The van der Waals surface area contributed by atoms with Crippen molar-refractivity contribution in [2.45, 2.75) is 31.6 Å². The predicted molar refractivity (Wildman–Crippen MR) is 41.5 cm³/mol. The highest BCUT2D eigenvalue weighted by Gasteiger charge is 2.31. The minimum atomic E-state index is -0.0833. The first-order valence-electron chi connectivity index (χ1n) is 3.39. The maximum Gasteiger partial charge on any atom is 0.0834 e. The van der Waals surface area contributed by atoms with Gasteiger partial charge in [0, 0.05) is 12.3 Å². The van der Waals surface area contributed by atoms with Crippen LogP contribution >= 0.6 is 11.6 Å². The van der Waals surface area contributed by atoms with Gasteiger partial charge in [-0.15, -0.1) is 11.6 Å². The third-order valence-electron chi connectivity index (χ3n) is 2.07. The van der Waals surface area contributed by atoms with Crippen LogP contribution in [0.3, 0.4) is 0 Å². The Bertz CT molecular complexity index is 142.